The van der Waals surface area contributed by atoms with Gasteiger partial charge in [-0.3, -0.25) is 0 Å². The number of benzene rings is 2. The zero-order valence-electron chi connectivity index (χ0n) is 13.7. The predicted molar refractivity (Wildman–Crippen MR) is 91.6 cm³/mol. The number of phenols is 1. The van der Waals surface area contributed by atoms with Gasteiger partial charge in [0.25, 0.3) is 0 Å². The first-order valence-electron chi connectivity index (χ1n) is 7.75. The first-order chi connectivity index (χ1) is 12.1. The van der Waals surface area contributed by atoms with E-state index in [1.807, 2.05) is 19.1 Å². The normalized spacial score (nSPS) is 12.8. The molecule has 0 unspecified atom stereocenters. The largest absolute Gasteiger partial charge is 0.504 e. The summed E-state index contributed by atoms with van der Waals surface area (Å²) in [5, 5.41) is 10.4. The molecule has 0 radical (unpaired) electrons. The zero-order chi connectivity index (χ0) is 17.6. The van der Waals surface area contributed by atoms with Crippen molar-refractivity contribution >= 4 is 17.0 Å². The van der Waals surface area contributed by atoms with E-state index in [0.29, 0.717) is 16.5 Å². The Labute approximate surface area is 143 Å². The summed E-state index contributed by atoms with van der Waals surface area (Å²) in [6.45, 7) is 1.97. The Morgan fingerprint density at radius 3 is 2.80 bits per heavy atom. The highest BCUT2D eigenvalue weighted by atomic mass is 19.1. The first-order valence-corrected chi connectivity index (χ1v) is 7.75. The fourth-order valence-electron chi connectivity index (χ4n) is 3.00. The number of rotatable bonds is 3. The molecular weight excluding hydrogens is 323 g/mol. The minimum Gasteiger partial charge on any atom is -0.504 e. The van der Waals surface area contributed by atoms with Crippen molar-refractivity contribution in [2.45, 2.75) is 13.3 Å². The molecule has 126 valence electrons. The number of allylic oxidation sites excluding steroid dienone is 1. The molecule has 0 amide bonds. The number of nitrogens with zero attached hydrogens (tertiary/aromatic N) is 2. The van der Waals surface area contributed by atoms with Crippen molar-refractivity contribution < 1.29 is 19.0 Å². The van der Waals surface area contributed by atoms with Crippen LogP contribution in [0, 0.1) is 5.82 Å². The summed E-state index contributed by atoms with van der Waals surface area (Å²) < 4.78 is 25.6. The molecule has 0 fully saturated rings. The molecule has 4 rings (SSSR count). The van der Waals surface area contributed by atoms with Gasteiger partial charge in [-0.1, -0.05) is 17.7 Å². The van der Waals surface area contributed by atoms with Gasteiger partial charge < -0.3 is 14.6 Å². The molecule has 1 aliphatic carbocycles. The van der Waals surface area contributed by atoms with E-state index >= 15 is 0 Å². The van der Waals surface area contributed by atoms with Gasteiger partial charge in [-0.25, -0.2) is 14.4 Å². The van der Waals surface area contributed by atoms with Gasteiger partial charge in [-0.15, -0.1) is 0 Å². The lowest BCUT2D eigenvalue weighted by atomic mass is 10.1. The third-order valence-electron chi connectivity index (χ3n) is 4.20. The van der Waals surface area contributed by atoms with Crippen LogP contribution in [0.4, 0.5) is 4.39 Å². The first kappa shape index (κ1) is 15.4. The Morgan fingerprint density at radius 1 is 1.16 bits per heavy atom. The van der Waals surface area contributed by atoms with Crippen molar-refractivity contribution in [1.29, 1.82) is 0 Å². The predicted octanol–water partition coefficient (Wildman–Crippen LogP) is 4.23. The number of methoxy groups -OCH3 is 1. The Kier molecular flexibility index (Phi) is 3.53. The molecule has 3 aromatic rings. The van der Waals surface area contributed by atoms with Gasteiger partial charge in [-0.2, -0.15) is 0 Å². The second kappa shape index (κ2) is 5.73. The molecule has 1 heterocycles. The van der Waals surface area contributed by atoms with E-state index in [4.69, 9.17) is 9.47 Å². The molecule has 5 nitrogen and oxygen atoms in total. The number of phenolic OH excluding ortho intramolecular Hbond substituents is 1. The zero-order valence-corrected chi connectivity index (χ0v) is 13.7. The highest BCUT2D eigenvalue weighted by Gasteiger charge is 2.19. The molecule has 25 heavy (non-hydrogen) atoms. The van der Waals surface area contributed by atoms with Crippen LogP contribution < -0.4 is 9.47 Å². The van der Waals surface area contributed by atoms with E-state index in [2.05, 4.69) is 9.97 Å². The maximum atomic E-state index is 14.8. The van der Waals surface area contributed by atoms with E-state index < -0.39 is 5.82 Å². The lowest BCUT2D eigenvalue weighted by Gasteiger charge is -2.11. The molecule has 1 aliphatic rings. The molecule has 6 heteroatoms. The summed E-state index contributed by atoms with van der Waals surface area (Å²) >= 11 is 0. The van der Waals surface area contributed by atoms with Crippen LogP contribution in [0.15, 0.2) is 36.2 Å². The van der Waals surface area contributed by atoms with Gasteiger partial charge in [0, 0.05) is 11.6 Å². The summed E-state index contributed by atoms with van der Waals surface area (Å²) in [5.74, 6) is 0.105. The maximum absolute atomic E-state index is 14.8. The second-order valence-corrected chi connectivity index (χ2v) is 5.94. The third-order valence-corrected chi connectivity index (χ3v) is 4.20. The van der Waals surface area contributed by atoms with Crippen molar-refractivity contribution in [3.05, 3.63) is 53.1 Å². The Bertz CT molecular complexity index is 1030. The number of ether oxygens (including phenoxy) is 2. The Morgan fingerprint density at radius 2 is 2.00 bits per heavy atom. The summed E-state index contributed by atoms with van der Waals surface area (Å²) in [7, 11) is 1.44. The maximum Gasteiger partial charge on any atom is 0.230 e. The van der Waals surface area contributed by atoms with Crippen molar-refractivity contribution in [3.63, 3.8) is 0 Å². The minimum absolute atomic E-state index is 0.0380. The summed E-state index contributed by atoms with van der Waals surface area (Å²) in [5.41, 5.74) is 3.09. The lowest BCUT2D eigenvalue weighted by molar-refractivity contribution is 0.374. The molecule has 0 atom stereocenters. The molecule has 1 N–H and O–H groups in total. The summed E-state index contributed by atoms with van der Waals surface area (Å²) in [4.78, 5) is 8.20. The quantitative estimate of drug-likeness (QED) is 0.774. The van der Waals surface area contributed by atoms with Gasteiger partial charge >= 0.3 is 0 Å². The van der Waals surface area contributed by atoms with Crippen molar-refractivity contribution in [2.75, 3.05) is 7.11 Å². The fourth-order valence-corrected chi connectivity index (χ4v) is 3.00. The second-order valence-electron chi connectivity index (χ2n) is 5.94. The molecule has 2 aromatic carbocycles. The standard InChI is InChI=1S/C19H15FN2O3/c1-10-5-11-3-4-16(18(20)12(11)6-10)25-19-13-7-17(24-2)15(23)8-14(13)21-9-22-19/h3-4,6-9,23H,5H2,1-2H3. The molecule has 0 aliphatic heterocycles. The number of aromatic hydroxyl groups is 1. The average Bonchev–Trinajstić information content (AvgIpc) is 2.98. The highest BCUT2D eigenvalue weighted by molar-refractivity contribution is 5.86. The van der Waals surface area contributed by atoms with Crippen LogP contribution in [0.25, 0.3) is 17.0 Å². The van der Waals surface area contributed by atoms with Gasteiger partial charge in [0.1, 0.15) is 6.33 Å². The van der Waals surface area contributed by atoms with Crippen LogP contribution in [0.3, 0.4) is 0 Å². The van der Waals surface area contributed by atoms with Gasteiger partial charge in [-0.05, 0) is 31.0 Å². The van der Waals surface area contributed by atoms with Gasteiger partial charge in [0.2, 0.25) is 5.88 Å². The Balaban J connectivity index is 1.81. The monoisotopic (exact) mass is 338 g/mol. The smallest absolute Gasteiger partial charge is 0.230 e. The van der Waals surface area contributed by atoms with Crippen LogP contribution in [-0.2, 0) is 6.42 Å². The fraction of sp³-hybridized carbons (Fsp3) is 0.158. The number of hydrogen-bond acceptors (Lipinski definition) is 5. The minimum atomic E-state index is -0.410. The number of aromatic nitrogens is 2. The van der Waals surface area contributed by atoms with Gasteiger partial charge in [0.05, 0.1) is 18.0 Å². The van der Waals surface area contributed by atoms with Gasteiger partial charge in [0.15, 0.2) is 23.1 Å². The van der Waals surface area contributed by atoms with E-state index in [9.17, 15) is 9.50 Å². The SMILES string of the molecule is COc1cc2c(Oc3ccc4c(c3F)C=C(C)C4)ncnc2cc1O. The van der Waals surface area contributed by atoms with Crippen LogP contribution >= 0.6 is 0 Å². The van der Waals surface area contributed by atoms with Crippen molar-refractivity contribution in [3.8, 4) is 23.1 Å². The molecule has 1 aromatic heterocycles. The third kappa shape index (κ3) is 2.55. The molecule has 0 bridgehead atoms. The number of halogens is 1. The van der Waals surface area contributed by atoms with Crippen LogP contribution in [0.5, 0.6) is 23.1 Å². The average molecular weight is 338 g/mol. The van der Waals surface area contributed by atoms with E-state index in [1.165, 1.54) is 19.5 Å². The topological polar surface area (TPSA) is 64.5 Å². The van der Waals surface area contributed by atoms with Crippen LogP contribution in [-0.4, -0.2) is 22.2 Å². The highest BCUT2D eigenvalue weighted by Crippen LogP contribution is 2.37. The van der Waals surface area contributed by atoms with Crippen molar-refractivity contribution in [1.82, 2.24) is 9.97 Å². The van der Waals surface area contributed by atoms with Crippen molar-refractivity contribution in [2.24, 2.45) is 0 Å². The molecule has 0 saturated heterocycles. The number of fused-ring (bicyclic) bond motifs is 2. The van der Waals surface area contributed by atoms with Crippen LogP contribution in [0.1, 0.15) is 18.1 Å². The van der Waals surface area contributed by atoms with E-state index in [-0.39, 0.29) is 23.1 Å². The van der Waals surface area contributed by atoms with E-state index in [1.54, 1.807) is 12.1 Å². The molecule has 0 spiro atoms. The number of hydrogen-bond donors (Lipinski definition) is 1. The van der Waals surface area contributed by atoms with Crippen LogP contribution in [0.2, 0.25) is 0 Å². The summed E-state index contributed by atoms with van der Waals surface area (Å²) in [6, 6.07) is 6.48. The van der Waals surface area contributed by atoms with E-state index in [0.717, 1.165) is 17.6 Å². The molecule has 0 saturated carbocycles. The Hall–Kier alpha value is -3.15. The molecular formula is C19H15FN2O3. The summed E-state index contributed by atoms with van der Waals surface area (Å²) in [6.07, 6.45) is 3.88. The lowest BCUT2D eigenvalue weighted by Crippen LogP contribution is -1.97.